The fourth-order valence-corrected chi connectivity index (χ4v) is 4.45. The number of aromatic nitrogens is 2. The Kier molecular flexibility index (Phi) is 6.99. The van der Waals surface area contributed by atoms with Crippen LogP contribution in [0, 0.1) is 0 Å². The smallest absolute Gasteiger partial charge is 0.274 e. The lowest BCUT2D eigenvalue weighted by atomic mass is 9.91. The third kappa shape index (κ3) is 4.75. The van der Waals surface area contributed by atoms with Gasteiger partial charge in [-0.1, -0.05) is 18.2 Å². The monoisotopic (exact) mass is 438 g/mol. The lowest BCUT2D eigenvalue weighted by Crippen LogP contribution is -2.62. The molecule has 32 heavy (non-hydrogen) atoms. The summed E-state index contributed by atoms with van der Waals surface area (Å²) in [5.41, 5.74) is 0.410. The van der Waals surface area contributed by atoms with E-state index >= 15 is 0 Å². The molecule has 3 heterocycles. The summed E-state index contributed by atoms with van der Waals surface area (Å²) >= 11 is 0. The molecule has 0 radical (unpaired) electrons. The highest BCUT2D eigenvalue weighted by atomic mass is 16.5. The molecule has 0 bridgehead atoms. The van der Waals surface area contributed by atoms with Crippen LogP contribution in [0.4, 0.5) is 0 Å². The minimum atomic E-state index is -1.05. The molecule has 0 N–H and O–H groups in total. The van der Waals surface area contributed by atoms with Gasteiger partial charge in [0.05, 0.1) is 25.9 Å². The standard InChI is InChI=1S/C24H30N4O4/c1-2-27-13-15-31-21-9-4-3-7-19(21)8-5-6-10-24(23(27)30)18-28(14-16-32-24)22(29)20-17-25-11-12-26-20/h3-4,7,9,11-12,17H,2,5-6,8,10,13-16,18H2,1H3. The molecule has 1 fully saturated rings. The number of hydrogen-bond acceptors (Lipinski definition) is 6. The van der Waals surface area contributed by atoms with Crippen molar-refractivity contribution in [2.75, 3.05) is 39.4 Å². The largest absolute Gasteiger partial charge is 0.491 e. The Balaban J connectivity index is 1.56. The maximum atomic E-state index is 13.7. The van der Waals surface area contributed by atoms with E-state index in [4.69, 9.17) is 9.47 Å². The summed E-state index contributed by atoms with van der Waals surface area (Å²) in [5.74, 6) is 0.593. The topological polar surface area (TPSA) is 84.9 Å². The third-order valence-electron chi connectivity index (χ3n) is 6.18. The van der Waals surface area contributed by atoms with Gasteiger partial charge in [-0.05, 0) is 44.2 Å². The van der Waals surface area contributed by atoms with Gasteiger partial charge in [0.2, 0.25) is 0 Å². The molecule has 8 heteroatoms. The molecule has 4 rings (SSSR count). The minimum absolute atomic E-state index is 0.0749. The number of amides is 2. The van der Waals surface area contributed by atoms with Crippen molar-refractivity contribution in [1.29, 1.82) is 0 Å². The number of likely N-dealkylation sites (N-methyl/N-ethyl adjacent to an activating group) is 1. The molecule has 1 aromatic heterocycles. The van der Waals surface area contributed by atoms with Crippen molar-refractivity contribution >= 4 is 11.8 Å². The number of carbonyl (C=O) groups excluding carboxylic acids is 2. The molecule has 1 aromatic carbocycles. The summed E-state index contributed by atoms with van der Waals surface area (Å²) in [7, 11) is 0. The van der Waals surface area contributed by atoms with Crippen molar-refractivity contribution in [3.8, 4) is 5.75 Å². The third-order valence-corrected chi connectivity index (χ3v) is 6.18. The van der Waals surface area contributed by atoms with E-state index in [1.807, 2.05) is 25.1 Å². The zero-order valence-electron chi connectivity index (χ0n) is 18.5. The van der Waals surface area contributed by atoms with Crippen molar-refractivity contribution in [1.82, 2.24) is 19.8 Å². The maximum Gasteiger partial charge on any atom is 0.274 e. The van der Waals surface area contributed by atoms with E-state index in [-0.39, 0.29) is 24.1 Å². The summed E-state index contributed by atoms with van der Waals surface area (Å²) < 4.78 is 12.2. The SMILES string of the molecule is CCN1CCOc2ccccc2CCCCC2(CN(C(=O)c3cnccn3)CCO2)C1=O. The predicted octanol–water partition coefficient (Wildman–Crippen LogP) is 2.34. The van der Waals surface area contributed by atoms with Gasteiger partial charge < -0.3 is 19.3 Å². The van der Waals surface area contributed by atoms with E-state index in [1.54, 1.807) is 9.80 Å². The molecule has 1 atom stereocenters. The van der Waals surface area contributed by atoms with Gasteiger partial charge in [-0.15, -0.1) is 0 Å². The van der Waals surface area contributed by atoms with Crippen molar-refractivity contribution in [2.45, 2.75) is 38.2 Å². The predicted molar refractivity (Wildman–Crippen MR) is 118 cm³/mol. The molecule has 0 aliphatic carbocycles. The summed E-state index contributed by atoms with van der Waals surface area (Å²) in [6, 6.07) is 8.08. The molecular formula is C24H30N4O4. The first-order valence-corrected chi connectivity index (χ1v) is 11.3. The van der Waals surface area contributed by atoms with Crippen LogP contribution in [0.3, 0.4) is 0 Å². The number of hydrogen-bond donors (Lipinski definition) is 0. The number of fused-ring (bicyclic) bond motifs is 1. The normalized spacial score (nSPS) is 22.5. The van der Waals surface area contributed by atoms with E-state index < -0.39 is 5.60 Å². The van der Waals surface area contributed by atoms with Crippen LogP contribution >= 0.6 is 0 Å². The van der Waals surface area contributed by atoms with Crippen LogP contribution in [0.5, 0.6) is 5.75 Å². The molecule has 2 amide bonds. The fraction of sp³-hybridized carbons (Fsp3) is 0.500. The molecule has 1 unspecified atom stereocenters. The summed E-state index contributed by atoms with van der Waals surface area (Å²) in [4.78, 5) is 38.3. The number of morpholine rings is 1. The first kappa shape index (κ1) is 22.2. The van der Waals surface area contributed by atoms with Gasteiger partial charge >= 0.3 is 0 Å². The van der Waals surface area contributed by atoms with Gasteiger partial charge in [0, 0.05) is 25.5 Å². The molecule has 1 spiro atoms. The van der Waals surface area contributed by atoms with Crippen LogP contribution < -0.4 is 4.74 Å². The lowest BCUT2D eigenvalue weighted by molar-refractivity contribution is -0.170. The van der Waals surface area contributed by atoms with Crippen molar-refractivity contribution < 1.29 is 19.1 Å². The van der Waals surface area contributed by atoms with Crippen molar-refractivity contribution in [2.24, 2.45) is 0 Å². The van der Waals surface area contributed by atoms with Gasteiger partial charge in [0.25, 0.3) is 11.8 Å². The van der Waals surface area contributed by atoms with E-state index in [1.165, 1.54) is 24.2 Å². The van der Waals surface area contributed by atoms with Crippen LogP contribution in [0.25, 0.3) is 0 Å². The van der Waals surface area contributed by atoms with E-state index in [9.17, 15) is 9.59 Å². The first-order chi connectivity index (χ1) is 15.6. The van der Waals surface area contributed by atoms with E-state index in [2.05, 4.69) is 16.0 Å². The number of carbonyl (C=O) groups is 2. The molecule has 8 nitrogen and oxygen atoms in total. The first-order valence-electron chi connectivity index (χ1n) is 11.3. The number of nitrogens with zero attached hydrogens (tertiary/aromatic N) is 4. The molecule has 2 aromatic rings. The van der Waals surface area contributed by atoms with Crippen LogP contribution in [0.2, 0.25) is 0 Å². The van der Waals surface area contributed by atoms with Gasteiger partial charge in [-0.2, -0.15) is 0 Å². The van der Waals surface area contributed by atoms with E-state index in [0.717, 1.165) is 25.0 Å². The Bertz CT molecular complexity index is 939. The second-order valence-corrected chi connectivity index (χ2v) is 8.21. The summed E-state index contributed by atoms with van der Waals surface area (Å²) in [5, 5.41) is 0. The number of para-hydroxylation sites is 1. The molecule has 0 saturated carbocycles. The second kappa shape index (κ2) is 10.1. The highest BCUT2D eigenvalue weighted by Crippen LogP contribution is 2.30. The molecule has 170 valence electrons. The number of benzene rings is 1. The lowest BCUT2D eigenvalue weighted by Gasteiger charge is -2.44. The maximum absolute atomic E-state index is 13.7. The Labute approximate surface area is 188 Å². The van der Waals surface area contributed by atoms with Gasteiger partial charge in [-0.25, -0.2) is 4.98 Å². The van der Waals surface area contributed by atoms with Crippen LogP contribution in [0.15, 0.2) is 42.9 Å². The van der Waals surface area contributed by atoms with Gasteiger partial charge in [0.15, 0.2) is 5.60 Å². The number of aryl methyl sites for hydroxylation is 1. The summed E-state index contributed by atoms with van der Waals surface area (Å²) in [6.45, 7) is 4.34. The molecule has 2 aliphatic rings. The van der Waals surface area contributed by atoms with E-state index in [0.29, 0.717) is 39.3 Å². The average Bonchev–Trinajstić information content (AvgIpc) is 2.84. The van der Waals surface area contributed by atoms with Gasteiger partial charge in [-0.3, -0.25) is 14.6 Å². The molecule has 1 saturated heterocycles. The Hall–Kier alpha value is -3.00. The molecule has 2 aliphatic heterocycles. The number of rotatable bonds is 2. The highest BCUT2D eigenvalue weighted by molar-refractivity contribution is 5.93. The Morgan fingerprint density at radius 2 is 2.03 bits per heavy atom. The van der Waals surface area contributed by atoms with Crippen LogP contribution in [-0.4, -0.2) is 76.6 Å². The highest BCUT2D eigenvalue weighted by Gasteiger charge is 2.46. The van der Waals surface area contributed by atoms with Crippen LogP contribution in [0.1, 0.15) is 42.2 Å². The minimum Gasteiger partial charge on any atom is -0.491 e. The number of ether oxygens (including phenoxy) is 2. The molecular weight excluding hydrogens is 408 g/mol. The van der Waals surface area contributed by atoms with Crippen molar-refractivity contribution in [3.63, 3.8) is 0 Å². The van der Waals surface area contributed by atoms with Crippen molar-refractivity contribution in [3.05, 3.63) is 54.1 Å². The quantitative estimate of drug-likeness (QED) is 0.716. The Morgan fingerprint density at radius 1 is 1.16 bits per heavy atom. The van der Waals surface area contributed by atoms with Crippen LogP contribution in [-0.2, 0) is 16.0 Å². The average molecular weight is 439 g/mol. The second-order valence-electron chi connectivity index (χ2n) is 8.21. The fourth-order valence-electron chi connectivity index (χ4n) is 4.45. The zero-order valence-corrected chi connectivity index (χ0v) is 18.5. The zero-order chi connectivity index (χ0) is 22.4. The Morgan fingerprint density at radius 3 is 2.84 bits per heavy atom. The van der Waals surface area contributed by atoms with Gasteiger partial charge in [0.1, 0.15) is 18.1 Å². The summed E-state index contributed by atoms with van der Waals surface area (Å²) in [6.07, 6.45) is 7.65.